The van der Waals surface area contributed by atoms with Crippen molar-refractivity contribution >= 4 is 5.97 Å². The van der Waals surface area contributed by atoms with Crippen LogP contribution in [0.1, 0.15) is 77.0 Å². The van der Waals surface area contributed by atoms with Gasteiger partial charge in [0, 0.05) is 6.61 Å². The Morgan fingerprint density at radius 3 is 1.47 bits per heavy atom. The largest absolute Gasteiger partial charge is 0.479 e. The average Bonchev–Trinajstić information content (AvgIpc) is 2.39. The molecule has 0 spiro atoms. The lowest BCUT2D eigenvalue weighted by Crippen LogP contribution is -2.18. The molecule has 114 valence electrons. The molecule has 0 saturated heterocycles. The molecule has 0 rings (SSSR count). The topological polar surface area (TPSA) is 77.8 Å². The zero-order valence-electron chi connectivity index (χ0n) is 12.0. The first-order chi connectivity index (χ1) is 9.18. The maximum atomic E-state index is 10.4. The molecule has 0 radical (unpaired) electrons. The third-order valence-corrected chi connectivity index (χ3v) is 3.42. The van der Waals surface area contributed by atoms with Gasteiger partial charge in [-0.3, -0.25) is 0 Å². The van der Waals surface area contributed by atoms with Crippen LogP contribution in [0, 0.1) is 0 Å². The number of unbranched alkanes of at least 4 members (excludes halogenated alkanes) is 10. The van der Waals surface area contributed by atoms with Crippen molar-refractivity contribution in [2.24, 2.45) is 0 Å². The molecule has 0 saturated carbocycles. The molecule has 0 aromatic rings. The van der Waals surface area contributed by atoms with Crippen LogP contribution in [0.25, 0.3) is 0 Å². The molecule has 0 aromatic heterocycles. The van der Waals surface area contributed by atoms with Crippen LogP contribution in [0.3, 0.4) is 0 Å². The second-order valence-corrected chi connectivity index (χ2v) is 5.26. The smallest absolute Gasteiger partial charge is 0.332 e. The molecule has 0 amide bonds. The zero-order chi connectivity index (χ0) is 14.3. The normalized spacial score (nSPS) is 12.5. The molecule has 0 heterocycles. The van der Waals surface area contributed by atoms with Crippen LogP contribution >= 0.6 is 0 Å². The van der Waals surface area contributed by atoms with Crippen LogP contribution in [-0.4, -0.2) is 34.0 Å². The van der Waals surface area contributed by atoms with Crippen LogP contribution in [0.4, 0.5) is 0 Å². The molecule has 0 aromatic carbocycles. The number of carboxylic acid groups (broad SMARTS) is 1. The van der Waals surface area contributed by atoms with Gasteiger partial charge in [0.15, 0.2) is 6.10 Å². The molecule has 0 aliphatic rings. The number of carbonyl (C=O) groups is 1. The third-order valence-electron chi connectivity index (χ3n) is 3.42. The van der Waals surface area contributed by atoms with E-state index in [4.69, 9.17) is 15.3 Å². The highest BCUT2D eigenvalue weighted by Crippen LogP contribution is 2.12. The number of hydrogen-bond acceptors (Lipinski definition) is 3. The van der Waals surface area contributed by atoms with E-state index in [0.29, 0.717) is 13.0 Å². The van der Waals surface area contributed by atoms with Gasteiger partial charge in [0.1, 0.15) is 0 Å². The summed E-state index contributed by atoms with van der Waals surface area (Å²) in [6.07, 6.45) is 11.7. The van der Waals surface area contributed by atoms with Gasteiger partial charge >= 0.3 is 5.97 Å². The standard InChI is InChI=1S/C15H30O4/c16-13-11-9-7-5-3-1-2-4-6-8-10-12-14(17)15(18)19/h14,16-17H,1-13H2,(H,18,19)/t14-/m0/s1. The molecule has 3 N–H and O–H groups in total. The number of aliphatic carboxylic acids is 1. The summed E-state index contributed by atoms with van der Waals surface area (Å²) in [5.74, 6) is -1.11. The lowest BCUT2D eigenvalue weighted by Gasteiger charge is -2.05. The summed E-state index contributed by atoms with van der Waals surface area (Å²) in [4.78, 5) is 10.4. The van der Waals surface area contributed by atoms with E-state index < -0.39 is 12.1 Å². The summed E-state index contributed by atoms with van der Waals surface area (Å²) in [6, 6.07) is 0. The fraction of sp³-hybridized carbons (Fsp3) is 0.933. The monoisotopic (exact) mass is 274 g/mol. The highest BCUT2D eigenvalue weighted by atomic mass is 16.4. The number of aliphatic hydroxyl groups is 2. The maximum absolute atomic E-state index is 10.4. The molecule has 0 bridgehead atoms. The summed E-state index contributed by atoms with van der Waals surface area (Å²) in [7, 11) is 0. The van der Waals surface area contributed by atoms with Crippen molar-refractivity contribution in [2.45, 2.75) is 83.2 Å². The Labute approximate surface area is 116 Å². The molecule has 19 heavy (non-hydrogen) atoms. The number of rotatable bonds is 14. The summed E-state index contributed by atoms with van der Waals surface area (Å²) in [6.45, 7) is 0.316. The molecular formula is C15H30O4. The van der Waals surface area contributed by atoms with Gasteiger partial charge in [0.25, 0.3) is 0 Å². The van der Waals surface area contributed by atoms with E-state index in [-0.39, 0.29) is 0 Å². The molecule has 0 aliphatic heterocycles. The van der Waals surface area contributed by atoms with Crippen molar-refractivity contribution in [3.8, 4) is 0 Å². The van der Waals surface area contributed by atoms with Crippen molar-refractivity contribution in [3.05, 3.63) is 0 Å². The van der Waals surface area contributed by atoms with Gasteiger partial charge in [-0.2, -0.15) is 0 Å². The minimum absolute atomic E-state index is 0.316. The fourth-order valence-corrected chi connectivity index (χ4v) is 2.16. The van der Waals surface area contributed by atoms with Gasteiger partial charge in [-0.25, -0.2) is 4.79 Å². The van der Waals surface area contributed by atoms with E-state index in [1.807, 2.05) is 0 Å². The Kier molecular flexibility index (Phi) is 13.4. The van der Waals surface area contributed by atoms with E-state index in [9.17, 15) is 4.79 Å². The summed E-state index contributed by atoms with van der Waals surface area (Å²) < 4.78 is 0. The zero-order valence-corrected chi connectivity index (χ0v) is 12.0. The van der Waals surface area contributed by atoms with E-state index >= 15 is 0 Å². The molecular weight excluding hydrogens is 244 g/mol. The quantitative estimate of drug-likeness (QED) is 0.425. The number of carboxylic acids is 1. The lowest BCUT2D eigenvalue weighted by atomic mass is 10.0. The molecule has 4 heteroatoms. The Bertz CT molecular complexity index is 206. The Morgan fingerprint density at radius 1 is 0.737 bits per heavy atom. The van der Waals surface area contributed by atoms with Crippen molar-refractivity contribution in [3.63, 3.8) is 0 Å². The fourth-order valence-electron chi connectivity index (χ4n) is 2.16. The Hall–Kier alpha value is -0.610. The van der Waals surface area contributed by atoms with E-state index in [1.54, 1.807) is 0 Å². The Balaban J connectivity index is 3.05. The van der Waals surface area contributed by atoms with Crippen LogP contribution < -0.4 is 0 Å². The lowest BCUT2D eigenvalue weighted by molar-refractivity contribution is -0.146. The highest BCUT2D eigenvalue weighted by Gasteiger charge is 2.11. The first-order valence-corrected chi connectivity index (χ1v) is 7.70. The van der Waals surface area contributed by atoms with Gasteiger partial charge in [-0.05, 0) is 12.8 Å². The first kappa shape index (κ1) is 18.4. The second kappa shape index (κ2) is 13.8. The van der Waals surface area contributed by atoms with Gasteiger partial charge in [0.2, 0.25) is 0 Å². The van der Waals surface area contributed by atoms with Crippen LogP contribution in [0.5, 0.6) is 0 Å². The highest BCUT2D eigenvalue weighted by molar-refractivity contribution is 5.71. The molecule has 0 unspecified atom stereocenters. The van der Waals surface area contributed by atoms with Gasteiger partial charge in [-0.1, -0.05) is 64.2 Å². The van der Waals surface area contributed by atoms with Crippen LogP contribution in [0.2, 0.25) is 0 Å². The van der Waals surface area contributed by atoms with Gasteiger partial charge in [-0.15, -0.1) is 0 Å². The summed E-state index contributed by atoms with van der Waals surface area (Å²) in [5.41, 5.74) is 0. The van der Waals surface area contributed by atoms with E-state index in [0.717, 1.165) is 32.1 Å². The molecule has 0 aliphatic carbocycles. The predicted molar refractivity (Wildman–Crippen MR) is 76.1 cm³/mol. The Morgan fingerprint density at radius 2 is 1.11 bits per heavy atom. The SMILES string of the molecule is O=C(O)[C@@H](O)CCCCCCCCCCCCCO. The van der Waals surface area contributed by atoms with Gasteiger partial charge in [0.05, 0.1) is 0 Å². The maximum Gasteiger partial charge on any atom is 0.332 e. The summed E-state index contributed by atoms with van der Waals surface area (Å²) >= 11 is 0. The minimum atomic E-state index is -1.18. The number of aliphatic hydroxyl groups excluding tert-OH is 2. The average molecular weight is 274 g/mol. The summed E-state index contributed by atoms with van der Waals surface area (Å²) in [5, 5.41) is 26.2. The van der Waals surface area contributed by atoms with Crippen LogP contribution in [0.15, 0.2) is 0 Å². The number of hydrogen-bond donors (Lipinski definition) is 3. The first-order valence-electron chi connectivity index (χ1n) is 7.70. The van der Waals surface area contributed by atoms with E-state index in [2.05, 4.69) is 0 Å². The predicted octanol–water partition coefficient (Wildman–Crippen LogP) is 3.11. The minimum Gasteiger partial charge on any atom is -0.479 e. The van der Waals surface area contributed by atoms with Crippen LogP contribution in [-0.2, 0) is 4.79 Å². The van der Waals surface area contributed by atoms with Crippen molar-refractivity contribution in [2.75, 3.05) is 6.61 Å². The van der Waals surface area contributed by atoms with Crippen molar-refractivity contribution in [1.82, 2.24) is 0 Å². The molecule has 4 nitrogen and oxygen atoms in total. The molecule has 1 atom stereocenters. The second-order valence-electron chi connectivity index (χ2n) is 5.26. The van der Waals surface area contributed by atoms with E-state index in [1.165, 1.54) is 38.5 Å². The third kappa shape index (κ3) is 13.6. The van der Waals surface area contributed by atoms with Crippen molar-refractivity contribution in [1.29, 1.82) is 0 Å². The molecule has 0 fully saturated rings. The van der Waals surface area contributed by atoms with Gasteiger partial charge < -0.3 is 15.3 Å². The van der Waals surface area contributed by atoms with Crippen molar-refractivity contribution < 1.29 is 20.1 Å².